The summed E-state index contributed by atoms with van der Waals surface area (Å²) in [5, 5.41) is 7.50. The standard InChI is InChI=1S/C18H22ClN3O/c1-18(12-21-11-17(20)23-18)14-5-3-7-16(9-14)22-10-13-4-2-6-15(19)8-13/h2-9,17,21-22H,10-12,20H2,1H3. The minimum Gasteiger partial charge on any atom is -0.381 e. The van der Waals surface area contributed by atoms with Gasteiger partial charge in [0.25, 0.3) is 0 Å². The summed E-state index contributed by atoms with van der Waals surface area (Å²) in [6, 6.07) is 16.1. The van der Waals surface area contributed by atoms with Gasteiger partial charge in [-0.3, -0.25) is 0 Å². The number of hydrogen-bond donors (Lipinski definition) is 3. The zero-order valence-electron chi connectivity index (χ0n) is 13.2. The molecule has 1 saturated heterocycles. The van der Waals surface area contributed by atoms with Gasteiger partial charge in [-0.2, -0.15) is 0 Å². The SMILES string of the molecule is CC1(c2cccc(NCc3cccc(Cl)c3)c2)CNCC(N)O1. The number of hydrogen-bond acceptors (Lipinski definition) is 4. The van der Waals surface area contributed by atoms with Gasteiger partial charge < -0.3 is 21.1 Å². The Morgan fingerprint density at radius 2 is 2.13 bits per heavy atom. The van der Waals surface area contributed by atoms with Crippen molar-refractivity contribution in [3.63, 3.8) is 0 Å². The molecule has 2 aromatic rings. The fourth-order valence-corrected chi connectivity index (χ4v) is 3.06. The first-order valence-corrected chi connectivity index (χ1v) is 8.16. The van der Waals surface area contributed by atoms with Crippen LogP contribution in [0.2, 0.25) is 5.02 Å². The highest BCUT2D eigenvalue weighted by atomic mass is 35.5. The molecule has 4 nitrogen and oxygen atoms in total. The Bertz CT molecular complexity index is 679. The molecule has 1 fully saturated rings. The summed E-state index contributed by atoms with van der Waals surface area (Å²) < 4.78 is 5.96. The Labute approximate surface area is 142 Å². The zero-order valence-corrected chi connectivity index (χ0v) is 13.9. The fraction of sp³-hybridized carbons (Fsp3) is 0.333. The van der Waals surface area contributed by atoms with Crippen LogP contribution in [0.15, 0.2) is 48.5 Å². The van der Waals surface area contributed by atoms with Crippen LogP contribution in [-0.4, -0.2) is 19.3 Å². The van der Waals surface area contributed by atoms with Crippen molar-refractivity contribution in [3.8, 4) is 0 Å². The molecule has 4 N–H and O–H groups in total. The molecule has 1 aliphatic heterocycles. The van der Waals surface area contributed by atoms with Crippen LogP contribution in [0.5, 0.6) is 0 Å². The van der Waals surface area contributed by atoms with Crippen molar-refractivity contribution in [2.24, 2.45) is 5.73 Å². The Balaban J connectivity index is 1.72. The van der Waals surface area contributed by atoms with Gasteiger partial charge in [0.1, 0.15) is 11.8 Å². The first kappa shape index (κ1) is 16.3. The maximum absolute atomic E-state index is 6.02. The van der Waals surface area contributed by atoms with E-state index < -0.39 is 5.60 Å². The zero-order chi connectivity index (χ0) is 16.3. The number of nitrogens with two attached hydrogens (primary N) is 1. The lowest BCUT2D eigenvalue weighted by Crippen LogP contribution is -2.53. The van der Waals surface area contributed by atoms with E-state index in [4.69, 9.17) is 22.1 Å². The lowest BCUT2D eigenvalue weighted by molar-refractivity contribution is -0.107. The summed E-state index contributed by atoms with van der Waals surface area (Å²) in [4.78, 5) is 0. The topological polar surface area (TPSA) is 59.3 Å². The summed E-state index contributed by atoms with van der Waals surface area (Å²) in [7, 11) is 0. The van der Waals surface area contributed by atoms with E-state index in [1.165, 1.54) is 0 Å². The first-order chi connectivity index (χ1) is 11.0. The maximum atomic E-state index is 6.02. The second kappa shape index (κ2) is 6.89. The second-order valence-electron chi connectivity index (χ2n) is 6.08. The van der Waals surface area contributed by atoms with Gasteiger partial charge in [0.05, 0.1) is 0 Å². The number of nitrogens with one attached hydrogen (secondary N) is 2. The normalized spacial score (nSPS) is 24.4. The first-order valence-electron chi connectivity index (χ1n) is 7.78. The van der Waals surface area contributed by atoms with E-state index in [0.29, 0.717) is 6.54 Å². The number of ether oxygens (including phenoxy) is 1. The lowest BCUT2D eigenvalue weighted by atomic mass is 9.94. The van der Waals surface area contributed by atoms with E-state index in [-0.39, 0.29) is 6.23 Å². The minimum absolute atomic E-state index is 0.281. The number of benzene rings is 2. The molecule has 1 heterocycles. The van der Waals surface area contributed by atoms with Crippen LogP contribution in [0.4, 0.5) is 5.69 Å². The van der Waals surface area contributed by atoms with Crippen molar-refractivity contribution in [1.82, 2.24) is 5.32 Å². The van der Waals surface area contributed by atoms with E-state index in [0.717, 1.165) is 34.9 Å². The second-order valence-corrected chi connectivity index (χ2v) is 6.52. The molecule has 0 bridgehead atoms. The van der Waals surface area contributed by atoms with Crippen LogP contribution < -0.4 is 16.4 Å². The van der Waals surface area contributed by atoms with E-state index in [9.17, 15) is 0 Å². The molecule has 23 heavy (non-hydrogen) atoms. The van der Waals surface area contributed by atoms with Gasteiger partial charge in [0, 0.05) is 30.3 Å². The van der Waals surface area contributed by atoms with Gasteiger partial charge in [0.15, 0.2) is 0 Å². The van der Waals surface area contributed by atoms with Crippen LogP contribution in [0.25, 0.3) is 0 Å². The van der Waals surface area contributed by atoms with Gasteiger partial charge >= 0.3 is 0 Å². The lowest BCUT2D eigenvalue weighted by Gasteiger charge is -2.38. The molecule has 0 radical (unpaired) electrons. The highest BCUT2D eigenvalue weighted by Crippen LogP contribution is 2.29. The van der Waals surface area contributed by atoms with E-state index >= 15 is 0 Å². The van der Waals surface area contributed by atoms with Crippen LogP contribution in [-0.2, 0) is 16.9 Å². The summed E-state index contributed by atoms with van der Waals surface area (Å²) in [6.45, 7) is 4.22. The van der Waals surface area contributed by atoms with Gasteiger partial charge in [-0.25, -0.2) is 0 Å². The average molecular weight is 332 g/mol. The van der Waals surface area contributed by atoms with Crippen LogP contribution in [0.1, 0.15) is 18.1 Å². The highest BCUT2D eigenvalue weighted by molar-refractivity contribution is 6.30. The van der Waals surface area contributed by atoms with Crippen molar-refractivity contribution in [2.45, 2.75) is 25.3 Å². The molecule has 0 saturated carbocycles. The summed E-state index contributed by atoms with van der Waals surface area (Å²) in [6.07, 6.45) is -0.281. The van der Waals surface area contributed by atoms with Crippen LogP contribution in [0, 0.1) is 0 Å². The van der Waals surface area contributed by atoms with E-state index in [2.05, 4.69) is 35.8 Å². The molecule has 0 aliphatic carbocycles. The smallest absolute Gasteiger partial charge is 0.119 e. The molecule has 0 spiro atoms. The predicted molar refractivity (Wildman–Crippen MR) is 94.5 cm³/mol. The molecule has 1 aliphatic rings. The van der Waals surface area contributed by atoms with Crippen molar-refractivity contribution < 1.29 is 4.74 Å². The summed E-state index contributed by atoms with van der Waals surface area (Å²) in [5.41, 5.74) is 8.81. The van der Waals surface area contributed by atoms with E-state index in [1.807, 2.05) is 30.3 Å². The van der Waals surface area contributed by atoms with Crippen LogP contribution >= 0.6 is 11.6 Å². The molecule has 5 heteroatoms. The molecule has 0 amide bonds. The minimum atomic E-state index is -0.411. The largest absolute Gasteiger partial charge is 0.381 e. The Hall–Kier alpha value is -1.59. The number of halogens is 1. The molecule has 3 rings (SSSR count). The number of anilines is 1. The van der Waals surface area contributed by atoms with Crippen LogP contribution in [0.3, 0.4) is 0 Å². The molecule has 2 unspecified atom stereocenters. The number of morpholine rings is 1. The quantitative estimate of drug-likeness (QED) is 0.806. The van der Waals surface area contributed by atoms with Gasteiger partial charge in [-0.15, -0.1) is 0 Å². The third-order valence-corrected chi connectivity index (χ3v) is 4.31. The molecule has 2 atom stereocenters. The maximum Gasteiger partial charge on any atom is 0.119 e. The summed E-state index contributed by atoms with van der Waals surface area (Å²) in [5.74, 6) is 0. The molecule has 2 aromatic carbocycles. The molecule has 122 valence electrons. The number of rotatable bonds is 4. The van der Waals surface area contributed by atoms with Gasteiger partial charge in [0.2, 0.25) is 0 Å². The Morgan fingerprint density at radius 1 is 1.30 bits per heavy atom. The van der Waals surface area contributed by atoms with Gasteiger partial charge in [-0.05, 0) is 42.3 Å². The molecular formula is C18H22ClN3O. The summed E-state index contributed by atoms with van der Waals surface area (Å²) >= 11 is 6.02. The molecule has 0 aromatic heterocycles. The third-order valence-electron chi connectivity index (χ3n) is 4.08. The van der Waals surface area contributed by atoms with Crippen molar-refractivity contribution in [2.75, 3.05) is 18.4 Å². The predicted octanol–water partition coefficient (Wildman–Crippen LogP) is 3.07. The van der Waals surface area contributed by atoms with Crippen molar-refractivity contribution in [1.29, 1.82) is 0 Å². The Kier molecular flexibility index (Phi) is 4.87. The monoisotopic (exact) mass is 331 g/mol. The van der Waals surface area contributed by atoms with Gasteiger partial charge in [-0.1, -0.05) is 35.9 Å². The highest BCUT2D eigenvalue weighted by Gasteiger charge is 2.33. The Morgan fingerprint density at radius 3 is 2.91 bits per heavy atom. The fourth-order valence-electron chi connectivity index (χ4n) is 2.85. The van der Waals surface area contributed by atoms with E-state index in [1.54, 1.807) is 0 Å². The third kappa shape index (κ3) is 4.03. The molecular weight excluding hydrogens is 310 g/mol. The van der Waals surface area contributed by atoms with Crippen molar-refractivity contribution in [3.05, 3.63) is 64.7 Å². The average Bonchev–Trinajstić information content (AvgIpc) is 2.53. The van der Waals surface area contributed by atoms with Crippen molar-refractivity contribution >= 4 is 17.3 Å².